The van der Waals surface area contributed by atoms with E-state index < -0.39 is 0 Å². The summed E-state index contributed by atoms with van der Waals surface area (Å²) in [6, 6.07) is 7.95. The Hall–Kier alpha value is -2.09. The number of carbonyl (C=O) groups is 1. The predicted octanol–water partition coefficient (Wildman–Crippen LogP) is 3.78. The van der Waals surface area contributed by atoms with E-state index >= 15 is 0 Å². The highest BCUT2D eigenvalue weighted by molar-refractivity contribution is 5.75. The first-order valence-corrected chi connectivity index (χ1v) is 11.9. The SMILES string of the molecule is CO[C@@H]1[C@H](OC(=O)CNc2ccc(N(C)C)cc2)CC[C@]2(CO2)[C@H]1[C@@]1(C)OC1CC=C(C)C. The summed E-state index contributed by atoms with van der Waals surface area (Å²) in [5.41, 5.74) is 2.72. The fraction of sp³-hybridized carbons (Fsp3) is 0.654. The molecule has 2 heterocycles. The number of allylic oxidation sites excluding steroid dienone is 1. The fourth-order valence-corrected chi connectivity index (χ4v) is 5.33. The monoisotopic (exact) mass is 458 g/mol. The number of anilines is 2. The third kappa shape index (κ3) is 5.05. The van der Waals surface area contributed by atoms with Crippen LogP contribution >= 0.6 is 0 Å². The molecule has 33 heavy (non-hydrogen) atoms. The third-order valence-corrected chi connectivity index (χ3v) is 7.34. The first-order chi connectivity index (χ1) is 15.7. The molecule has 6 atom stereocenters. The fourth-order valence-electron chi connectivity index (χ4n) is 5.33. The third-order valence-electron chi connectivity index (χ3n) is 7.34. The molecule has 1 aliphatic carbocycles. The summed E-state index contributed by atoms with van der Waals surface area (Å²) in [5, 5.41) is 3.16. The topological polar surface area (TPSA) is 75.9 Å². The average molecular weight is 459 g/mol. The molecule has 7 nitrogen and oxygen atoms in total. The van der Waals surface area contributed by atoms with E-state index in [2.05, 4.69) is 32.2 Å². The number of benzene rings is 1. The van der Waals surface area contributed by atoms with Gasteiger partial charge in [0, 0.05) is 32.6 Å². The first kappa shape index (κ1) is 24.0. The predicted molar refractivity (Wildman–Crippen MR) is 129 cm³/mol. The molecule has 2 aliphatic heterocycles. The molecule has 182 valence electrons. The van der Waals surface area contributed by atoms with Crippen molar-refractivity contribution >= 4 is 17.3 Å². The van der Waals surface area contributed by atoms with Gasteiger partial charge in [0.1, 0.15) is 30.0 Å². The molecule has 0 amide bonds. The van der Waals surface area contributed by atoms with Crippen molar-refractivity contribution < 1.29 is 23.7 Å². The van der Waals surface area contributed by atoms with Crippen LogP contribution in [0, 0.1) is 5.92 Å². The van der Waals surface area contributed by atoms with E-state index in [1.165, 1.54) is 5.57 Å². The van der Waals surface area contributed by atoms with Gasteiger partial charge in [-0.3, -0.25) is 4.79 Å². The average Bonchev–Trinajstić information content (AvgIpc) is 3.69. The van der Waals surface area contributed by atoms with Gasteiger partial charge < -0.3 is 29.2 Å². The van der Waals surface area contributed by atoms with Gasteiger partial charge in [-0.15, -0.1) is 0 Å². The molecule has 1 aromatic rings. The molecular weight excluding hydrogens is 420 g/mol. The summed E-state index contributed by atoms with van der Waals surface area (Å²) in [4.78, 5) is 14.7. The standard InChI is InChI=1S/C26H38N2O5/c1-17(2)7-12-21-25(3,33-21)24-23(30-6)20(13-14-26(24)16-31-26)32-22(29)15-27-18-8-10-19(11-9-18)28(4)5/h7-11,20-21,23-24,27H,12-16H2,1-6H3/t20-,21?,23-,24-,25+,26+/m1/s1. The maximum absolute atomic E-state index is 12.7. The van der Waals surface area contributed by atoms with Crippen molar-refractivity contribution in [3.8, 4) is 0 Å². The summed E-state index contributed by atoms with van der Waals surface area (Å²) in [6.07, 6.45) is 4.24. The minimum atomic E-state index is -0.333. The molecule has 4 rings (SSSR count). The van der Waals surface area contributed by atoms with Gasteiger partial charge in [0.2, 0.25) is 0 Å². The molecule has 1 N–H and O–H groups in total. The highest BCUT2D eigenvalue weighted by Crippen LogP contribution is 2.59. The second-order valence-electron chi connectivity index (χ2n) is 10.2. The van der Waals surface area contributed by atoms with Crippen LogP contribution in [0.2, 0.25) is 0 Å². The highest BCUT2D eigenvalue weighted by Gasteiger charge is 2.72. The number of nitrogens with zero attached hydrogens (tertiary/aromatic N) is 1. The number of hydrogen-bond donors (Lipinski definition) is 1. The molecule has 0 bridgehead atoms. The molecular formula is C26H38N2O5. The normalized spacial score (nSPS) is 34.5. The maximum Gasteiger partial charge on any atom is 0.325 e. The second-order valence-corrected chi connectivity index (χ2v) is 10.2. The Bertz CT molecular complexity index is 875. The van der Waals surface area contributed by atoms with E-state index in [1.54, 1.807) is 7.11 Å². The molecule has 1 saturated carbocycles. The number of carbonyl (C=O) groups excluding carboxylic acids is 1. The number of hydrogen-bond acceptors (Lipinski definition) is 7. The number of rotatable bonds is 9. The summed E-state index contributed by atoms with van der Waals surface area (Å²) in [5.74, 6) is -0.253. The van der Waals surface area contributed by atoms with Crippen molar-refractivity contribution in [2.24, 2.45) is 5.92 Å². The zero-order chi connectivity index (χ0) is 23.8. The van der Waals surface area contributed by atoms with Gasteiger partial charge in [0.15, 0.2) is 0 Å². The molecule has 0 radical (unpaired) electrons. The smallest absolute Gasteiger partial charge is 0.325 e. The van der Waals surface area contributed by atoms with Crippen molar-refractivity contribution in [3.05, 3.63) is 35.9 Å². The van der Waals surface area contributed by atoms with Crippen molar-refractivity contribution in [2.75, 3.05) is 44.6 Å². The van der Waals surface area contributed by atoms with Gasteiger partial charge in [0.05, 0.1) is 18.6 Å². The lowest BCUT2D eigenvalue weighted by Crippen LogP contribution is -2.55. The summed E-state index contributed by atoms with van der Waals surface area (Å²) in [7, 11) is 5.69. The van der Waals surface area contributed by atoms with E-state index in [4.69, 9.17) is 18.9 Å². The van der Waals surface area contributed by atoms with Gasteiger partial charge in [-0.1, -0.05) is 11.6 Å². The Morgan fingerprint density at radius 2 is 1.97 bits per heavy atom. The molecule has 1 unspecified atom stereocenters. The Kier molecular flexibility index (Phi) is 6.76. The zero-order valence-corrected chi connectivity index (χ0v) is 20.7. The van der Waals surface area contributed by atoms with Gasteiger partial charge in [-0.2, -0.15) is 0 Å². The number of ether oxygens (including phenoxy) is 4. The Morgan fingerprint density at radius 3 is 2.55 bits per heavy atom. The Morgan fingerprint density at radius 1 is 1.27 bits per heavy atom. The van der Waals surface area contributed by atoms with Crippen LogP contribution in [0.25, 0.3) is 0 Å². The number of methoxy groups -OCH3 is 1. The Labute approximate surface area is 197 Å². The van der Waals surface area contributed by atoms with Gasteiger partial charge in [0.25, 0.3) is 0 Å². The van der Waals surface area contributed by atoms with Crippen molar-refractivity contribution in [3.63, 3.8) is 0 Å². The van der Waals surface area contributed by atoms with Crippen LogP contribution in [0.5, 0.6) is 0 Å². The molecule has 1 aromatic carbocycles. The second kappa shape index (κ2) is 9.28. The van der Waals surface area contributed by atoms with Crippen molar-refractivity contribution in [1.82, 2.24) is 0 Å². The van der Waals surface area contributed by atoms with Crippen LogP contribution in [0.1, 0.15) is 40.0 Å². The lowest BCUT2D eigenvalue weighted by atomic mass is 9.68. The molecule has 3 aliphatic rings. The lowest BCUT2D eigenvalue weighted by Gasteiger charge is -2.42. The molecule has 0 aromatic heterocycles. The van der Waals surface area contributed by atoms with E-state index in [1.807, 2.05) is 43.3 Å². The van der Waals surface area contributed by atoms with Crippen LogP contribution in [0.3, 0.4) is 0 Å². The van der Waals surface area contributed by atoms with Crippen molar-refractivity contribution in [1.29, 1.82) is 0 Å². The van der Waals surface area contributed by atoms with E-state index in [0.29, 0.717) is 0 Å². The molecule has 7 heteroatoms. The van der Waals surface area contributed by atoms with Crippen LogP contribution in [-0.4, -0.2) is 69.8 Å². The van der Waals surface area contributed by atoms with Gasteiger partial charge >= 0.3 is 5.97 Å². The molecule has 1 spiro atoms. The van der Waals surface area contributed by atoms with Crippen molar-refractivity contribution in [2.45, 2.75) is 69.5 Å². The summed E-state index contributed by atoms with van der Waals surface area (Å²) in [6.45, 7) is 7.18. The molecule has 2 saturated heterocycles. The highest BCUT2D eigenvalue weighted by atomic mass is 16.6. The molecule has 3 fully saturated rings. The van der Waals surface area contributed by atoms with E-state index in [0.717, 1.165) is 37.2 Å². The van der Waals surface area contributed by atoms with Crippen LogP contribution in [0.4, 0.5) is 11.4 Å². The maximum atomic E-state index is 12.7. The lowest BCUT2D eigenvalue weighted by molar-refractivity contribution is -0.170. The number of esters is 1. The minimum absolute atomic E-state index is 0.0312. The van der Waals surface area contributed by atoms with Crippen LogP contribution in [0.15, 0.2) is 35.9 Å². The Balaban J connectivity index is 1.38. The largest absolute Gasteiger partial charge is 0.458 e. The van der Waals surface area contributed by atoms with Gasteiger partial charge in [-0.25, -0.2) is 0 Å². The van der Waals surface area contributed by atoms with Crippen LogP contribution in [-0.2, 0) is 23.7 Å². The quantitative estimate of drug-likeness (QED) is 0.343. The van der Waals surface area contributed by atoms with Crippen LogP contribution < -0.4 is 10.2 Å². The van der Waals surface area contributed by atoms with E-state index in [9.17, 15) is 4.79 Å². The number of nitrogens with one attached hydrogen (secondary N) is 1. The zero-order valence-electron chi connectivity index (χ0n) is 20.7. The first-order valence-electron chi connectivity index (χ1n) is 11.9. The van der Waals surface area contributed by atoms with E-state index in [-0.39, 0.29) is 47.9 Å². The van der Waals surface area contributed by atoms with Gasteiger partial charge in [-0.05, 0) is 64.3 Å². The summed E-state index contributed by atoms with van der Waals surface area (Å²) >= 11 is 0. The summed E-state index contributed by atoms with van der Waals surface area (Å²) < 4.78 is 24.1. The minimum Gasteiger partial charge on any atom is -0.458 e. The number of epoxide rings is 2.